The van der Waals surface area contributed by atoms with Crippen LogP contribution in [0.1, 0.15) is 108 Å². The molecule has 2 aromatic rings. The number of hydrogen-bond donors (Lipinski definition) is 0. The average Bonchev–Trinajstić information content (AvgIpc) is 2.82. The molecule has 0 nitrogen and oxygen atoms in total. The van der Waals surface area contributed by atoms with E-state index in [0.29, 0.717) is 28.1 Å². The summed E-state index contributed by atoms with van der Waals surface area (Å²) in [6, 6.07) is 10.9. The normalized spacial score (nSPS) is 14.4. The fourth-order valence-electron chi connectivity index (χ4n) is 10.7. The molecule has 0 N–H and O–H groups in total. The SMILES string of the molecule is CC(C)c1cc(C(C)C)c([Si](=S)c2c(C([Si](C)(C)C)[Si](C)(C)C)cc(C([Si](C)(C)C)[Si](C)(C)C)cc2C([Si](C)(C)C)[Si](C)(C)C)c(C(C)C)c1. The van der Waals surface area contributed by atoms with Gasteiger partial charge in [0.15, 0.2) is 7.50 Å². The molecule has 0 aromatic heterocycles. The summed E-state index contributed by atoms with van der Waals surface area (Å²) in [7, 11) is -11.3. The molecule has 0 saturated heterocycles. The average molecular weight is 816 g/mol. The fourth-order valence-corrected chi connectivity index (χ4v) is 53.3. The maximum absolute atomic E-state index is 7.33. The molecule has 8 heteroatoms. The van der Waals surface area contributed by atoms with Crippen LogP contribution in [0.5, 0.6) is 0 Å². The van der Waals surface area contributed by atoms with Gasteiger partial charge < -0.3 is 0 Å². The molecule has 0 aliphatic rings. The van der Waals surface area contributed by atoms with E-state index < -0.39 is 55.9 Å². The highest BCUT2D eigenvalue weighted by atomic mass is 32.2. The third kappa shape index (κ3) is 10.7. The molecule has 0 unspecified atom stereocenters. The lowest BCUT2D eigenvalue weighted by atomic mass is 9.89. The Morgan fingerprint density at radius 3 is 0.820 bits per heavy atom. The van der Waals surface area contributed by atoms with E-state index in [1.165, 1.54) is 5.56 Å². The number of hydrogen-bond acceptors (Lipinski definition) is 1. The van der Waals surface area contributed by atoms with Gasteiger partial charge in [-0.2, -0.15) is 0 Å². The van der Waals surface area contributed by atoms with E-state index in [1.807, 2.05) is 0 Å². The molecular formula is C42H82SSi7. The second kappa shape index (κ2) is 15.7. The van der Waals surface area contributed by atoms with Crippen LogP contribution in [-0.2, 0) is 0 Å². The lowest BCUT2D eigenvalue weighted by molar-refractivity contribution is 0.813. The zero-order valence-electron chi connectivity index (χ0n) is 37.7. The second-order valence-corrected chi connectivity index (χ2v) is 59.9. The molecule has 284 valence electrons. The van der Waals surface area contributed by atoms with Crippen LogP contribution >= 0.6 is 11.6 Å². The van der Waals surface area contributed by atoms with Crippen LogP contribution in [0.25, 0.3) is 0 Å². The molecule has 0 heterocycles. The van der Waals surface area contributed by atoms with E-state index in [0.717, 1.165) is 5.16 Å². The van der Waals surface area contributed by atoms with Crippen LogP contribution in [0, 0.1) is 0 Å². The van der Waals surface area contributed by atoms with Gasteiger partial charge in [-0.15, -0.1) is 11.6 Å². The molecule has 2 rings (SSSR count). The van der Waals surface area contributed by atoms with Crippen LogP contribution in [0.4, 0.5) is 0 Å². The molecule has 0 spiro atoms. The summed E-state index contributed by atoms with van der Waals surface area (Å²) < 4.78 is 0. The van der Waals surface area contributed by atoms with Crippen molar-refractivity contribution in [2.24, 2.45) is 0 Å². The van der Waals surface area contributed by atoms with Gasteiger partial charge in [0.1, 0.15) is 0 Å². The number of benzene rings is 2. The molecule has 50 heavy (non-hydrogen) atoms. The third-order valence-electron chi connectivity index (χ3n) is 11.0. The van der Waals surface area contributed by atoms with Crippen molar-refractivity contribution in [3.63, 3.8) is 0 Å². The van der Waals surface area contributed by atoms with Gasteiger partial charge in [0, 0.05) is 48.4 Å². The minimum atomic E-state index is -1.66. The van der Waals surface area contributed by atoms with Gasteiger partial charge in [0.05, 0.1) is 0 Å². The first-order chi connectivity index (χ1) is 22.0. The Morgan fingerprint density at radius 2 is 0.600 bits per heavy atom. The Balaban J connectivity index is 3.59. The molecule has 0 radical (unpaired) electrons. The first-order valence-electron chi connectivity index (χ1n) is 19.9. The topological polar surface area (TPSA) is 0 Å². The van der Waals surface area contributed by atoms with Crippen LogP contribution in [0.2, 0.25) is 118 Å². The monoisotopic (exact) mass is 814 g/mol. The zero-order valence-corrected chi connectivity index (χ0v) is 45.5. The maximum atomic E-state index is 7.33. The van der Waals surface area contributed by atoms with Crippen molar-refractivity contribution >= 4 is 77.9 Å². The van der Waals surface area contributed by atoms with Gasteiger partial charge in [-0.25, -0.2) is 0 Å². The Bertz CT molecular complexity index is 1390. The summed E-state index contributed by atoms with van der Waals surface area (Å²) in [4.78, 5) is 0. The van der Waals surface area contributed by atoms with Crippen molar-refractivity contribution in [2.75, 3.05) is 0 Å². The van der Waals surface area contributed by atoms with Gasteiger partial charge in [-0.05, 0) is 77.0 Å². The molecule has 0 amide bonds. The van der Waals surface area contributed by atoms with Crippen LogP contribution in [0.15, 0.2) is 24.3 Å². The van der Waals surface area contributed by atoms with Crippen LogP contribution in [-0.4, -0.2) is 55.9 Å². The van der Waals surface area contributed by atoms with Gasteiger partial charge in [0.25, 0.3) is 0 Å². The van der Waals surface area contributed by atoms with Gasteiger partial charge >= 0.3 is 0 Å². The van der Waals surface area contributed by atoms with Crippen molar-refractivity contribution in [2.45, 2.75) is 193 Å². The van der Waals surface area contributed by atoms with Crippen molar-refractivity contribution in [3.8, 4) is 0 Å². The highest BCUT2D eigenvalue weighted by molar-refractivity contribution is 7.91. The summed E-state index contributed by atoms with van der Waals surface area (Å²) in [6.45, 7) is 62.6. The Kier molecular flexibility index (Phi) is 14.6. The van der Waals surface area contributed by atoms with E-state index in [2.05, 4.69) is 184 Å². The molecule has 0 fully saturated rings. The zero-order chi connectivity index (χ0) is 39.5. The molecular weight excluding hydrogens is 733 g/mol. The summed E-state index contributed by atoms with van der Waals surface area (Å²) in [5.41, 5.74) is 9.79. The quantitative estimate of drug-likeness (QED) is 0.171. The molecule has 0 saturated carbocycles. The van der Waals surface area contributed by atoms with E-state index in [1.54, 1.807) is 38.2 Å². The smallest absolute Gasteiger partial charge is 0.127 e. The highest BCUT2D eigenvalue weighted by Gasteiger charge is 2.47. The van der Waals surface area contributed by atoms with Crippen molar-refractivity contribution in [1.29, 1.82) is 0 Å². The Labute approximate surface area is 326 Å². The van der Waals surface area contributed by atoms with Gasteiger partial charge in [-0.1, -0.05) is 184 Å². The highest BCUT2D eigenvalue weighted by Crippen LogP contribution is 2.44. The molecule has 0 aliphatic heterocycles. The largest absolute Gasteiger partial charge is 0.164 e. The standard InChI is InChI=1S/C42H82SSi7/c1-29(2)32-25-34(30(3)4)38(35(26-32)31(5)6)44(43)39-36(41(47(13,14)15)48(16,17)18)27-33(40(45(7,8)9)46(10,11)12)28-37(39)42(49(19,20)21)50(22,23)24/h25-31,40-42H,1-24H3. The summed E-state index contributed by atoms with van der Waals surface area (Å²) in [5.74, 6) is 1.41. The summed E-state index contributed by atoms with van der Waals surface area (Å²) in [5, 5.41) is 5.33. The predicted octanol–water partition coefficient (Wildman–Crippen LogP) is 13.9. The molecule has 0 bridgehead atoms. The van der Waals surface area contributed by atoms with E-state index in [-0.39, 0.29) is 0 Å². The van der Waals surface area contributed by atoms with Crippen molar-refractivity contribution in [1.82, 2.24) is 0 Å². The third-order valence-corrected chi connectivity index (χ3v) is 42.1. The Morgan fingerprint density at radius 1 is 0.360 bits per heavy atom. The van der Waals surface area contributed by atoms with Gasteiger partial charge in [-0.3, -0.25) is 0 Å². The molecule has 2 aromatic carbocycles. The lowest BCUT2D eigenvalue weighted by Crippen LogP contribution is -2.55. The number of rotatable bonds is 14. The van der Waals surface area contributed by atoms with Crippen molar-refractivity contribution in [3.05, 3.63) is 57.6 Å². The van der Waals surface area contributed by atoms with Crippen molar-refractivity contribution < 1.29 is 0 Å². The van der Waals surface area contributed by atoms with Crippen LogP contribution in [0.3, 0.4) is 0 Å². The van der Waals surface area contributed by atoms with Gasteiger partial charge in [0.2, 0.25) is 0 Å². The predicted molar refractivity (Wildman–Crippen MR) is 256 cm³/mol. The van der Waals surface area contributed by atoms with E-state index in [4.69, 9.17) is 11.6 Å². The Hall–Kier alpha value is 0.178. The minimum Gasteiger partial charge on any atom is -0.127 e. The first kappa shape index (κ1) is 46.3. The first-order valence-corrected chi connectivity index (χ1v) is 44.0. The lowest BCUT2D eigenvalue weighted by Gasteiger charge is -2.46. The maximum Gasteiger partial charge on any atom is 0.164 e. The fraction of sp³-hybridized carbons (Fsp3) is 0.714. The van der Waals surface area contributed by atoms with E-state index in [9.17, 15) is 0 Å². The van der Waals surface area contributed by atoms with E-state index >= 15 is 0 Å². The summed E-state index contributed by atoms with van der Waals surface area (Å²) >= 11 is 7.33. The van der Waals surface area contributed by atoms with Crippen LogP contribution < -0.4 is 10.4 Å². The summed E-state index contributed by atoms with van der Waals surface area (Å²) in [6.07, 6.45) is 0. The molecule has 0 aliphatic carbocycles. The minimum absolute atomic E-state index is 0.452. The molecule has 0 atom stereocenters. The second-order valence-electron chi connectivity index (χ2n) is 23.4.